The minimum absolute atomic E-state index is 0.00743. The van der Waals surface area contributed by atoms with E-state index in [0.29, 0.717) is 26.7 Å². The van der Waals surface area contributed by atoms with Gasteiger partial charge in [-0.25, -0.2) is 0 Å². The predicted octanol–water partition coefficient (Wildman–Crippen LogP) is 9.92. The maximum Gasteiger partial charge on any atom is 0.278 e. The van der Waals surface area contributed by atoms with Gasteiger partial charge >= 0.3 is 0 Å². The zero-order valence-corrected chi connectivity index (χ0v) is 25.7. The lowest BCUT2D eigenvalue weighted by atomic mass is 10.0. The summed E-state index contributed by atoms with van der Waals surface area (Å²) in [5.74, 6) is 0.801. The minimum Gasteiger partial charge on any atom is -0.543 e. The molecule has 0 heterocycles. The fourth-order valence-corrected chi connectivity index (χ4v) is 5.00. The Labute approximate surface area is 249 Å². The smallest absolute Gasteiger partial charge is 0.278 e. The Bertz CT molecular complexity index is 1590. The maximum absolute atomic E-state index is 11.3. The van der Waals surface area contributed by atoms with Crippen LogP contribution >= 0.6 is 23.2 Å². The van der Waals surface area contributed by atoms with Crippen LogP contribution in [-0.2, 0) is 0 Å². The third-order valence-electron chi connectivity index (χ3n) is 6.79. The molecule has 4 aromatic carbocycles. The number of hydrogen-bond donors (Lipinski definition) is 1. The van der Waals surface area contributed by atoms with Crippen LogP contribution in [0.5, 0.6) is 11.5 Å². The number of phenols is 1. The van der Waals surface area contributed by atoms with E-state index >= 15 is 0 Å². The van der Waals surface area contributed by atoms with Gasteiger partial charge < -0.3 is 9.53 Å². The third kappa shape index (κ3) is 8.06. The van der Waals surface area contributed by atoms with Gasteiger partial charge in [0.2, 0.25) is 8.32 Å². The van der Waals surface area contributed by atoms with Crippen LogP contribution in [0.3, 0.4) is 0 Å². The second-order valence-electron chi connectivity index (χ2n) is 10.8. The first kappa shape index (κ1) is 31.6. The molecule has 0 unspecified atom stereocenters. The van der Waals surface area contributed by atoms with Crippen LogP contribution in [0.1, 0.15) is 20.8 Å². The van der Waals surface area contributed by atoms with Crippen molar-refractivity contribution in [2.75, 3.05) is 0 Å². The number of rotatable bonds is 6. The highest BCUT2D eigenvalue weighted by Crippen LogP contribution is 2.39. The normalized spacial score (nSPS) is 11.3. The van der Waals surface area contributed by atoms with E-state index in [2.05, 4.69) is 33.9 Å². The number of halogens is 2. The Morgan fingerprint density at radius 3 is 1.63 bits per heavy atom. The average Bonchev–Trinajstić information content (AvgIpc) is 2.88. The molecule has 0 amide bonds. The van der Waals surface area contributed by atoms with Gasteiger partial charge in [-0.2, -0.15) is 0 Å². The van der Waals surface area contributed by atoms with Crippen LogP contribution in [-0.4, -0.2) is 23.3 Å². The van der Waals surface area contributed by atoms with Crippen LogP contribution in [0.15, 0.2) is 84.9 Å². The Hall–Kier alpha value is -3.92. The summed E-state index contributed by atoms with van der Waals surface area (Å²) < 4.78 is 6.30. The fraction of sp³-hybridized carbons (Fsp3) is 0.200. The Morgan fingerprint density at radius 2 is 1.20 bits per heavy atom. The summed E-state index contributed by atoms with van der Waals surface area (Å²) in [6.07, 6.45) is 0. The lowest BCUT2D eigenvalue weighted by Crippen LogP contribution is -2.43. The minimum atomic E-state index is -1.97. The van der Waals surface area contributed by atoms with E-state index in [1.807, 2.05) is 24.3 Å². The summed E-state index contributed by atoms with van der Waals surface area (Å²) in [6, 6.07) is 22.9. The number of hydrogen-bond acceptors (Lipinski definition) is 6. The van der Waals surface area contributed by atoms with Gasteiger partial charge in [0, 0.05) is 22.2 Å². The van der Waals surface area contributed by atoms with Gasteiger partial charge in [-0.15, -0.1) is 0 Å². The lowest BCUT2D eigenvalue weighted by molar-refractivity contribution is -0.384. The molecule has 0 radical (unpaired) electrons. The predicted molar refractivity (Wildman–Crippen MR) is 167 cm³/mol. The average molecular weight is 614 g/mol. The van der Waals surface area contributed by atoms with E-state index in [1.54, 1.807) is 36.4 Å². The van der Waals surface area contributed by atoms with Crippen LogP contribution in [0, 0.1) is 20.2 Å². The molecule has 0 saturated carbocycles. The zero-order chi connectivity index (χ0) is 30.5. The molecular formula is C30H30Cl2N2O6Si. The third-order valence-corrected chi connectivity index (χ3v) is 11.6. The first-order chi connectivity index (χ1) is 19.1. The molecule has 1 N–H and O–H groups in total. The summed E-state index contributed by atoms with van der Waals surface area (Å²) in [6.45, 7) is 10.9. The van der Waals surface area contributed by atoms with Gasteiger partial charge in [-0.05, 0) is 77.8 Å². The lowest BCUT2D eigenvalue weighted by Gasteiger charge is -2.36. The molecule has 41 heavy (non-hydrogen) atoms. The quantitative estimate of drug-likeness (QED) is 0.131. The highest BCUT2D eigenvalue weighted by atomic mass is 35.5. The number of nitro benzene ring substituents is 2. The first-order valence-corrected chi connectivity index (χ1v) is 16.2. The number of nitro groups is 2. The number of benzene rings is 4. The second kappa shape index (κ2) is 12.7. The van der Waals surface area contributed by atoms with Crippen LogP contribution in [0.4, 0.5) is 11.4 Å². The summed E-state index contributed by atoms with van der Waals surface area (Å²) in [5.41, 5.74) is 2.19. The molecule has 0 aromatic heterocycles. The Morgan fingerprint density at radius 1 is 0.732 bits per heavy atom. The van der Waals surface area contributed by atoms with Gasteiger partial charge in [0.1, 0.15) is 11.5 Å². The van der Waals surface area contributed by atoms with E-state index in [4.69, 9.17) is 27.6 Å². The summed E-state index contributed by atoms with van der Waals surface area (Å²) >= 11 is 11.6. The molecule has 0 fully saturated rings. The maximum atomic E-state index is 11.3. The molecule has 0 saturated heterocycles. The molecule has 4 aromatic rings. The Kier molecular flexibility index (Phi) is 9.80. The van der Waals surface area contributed by atoms with Crippen molar-refractivity contribution in [3.05, 3.63) is 115 Å². The van der Waals surface area contributed by atoms with Crippen molar-refractivity contribution in [2.24, 2.45) is 0 Å². The van der Waals surface area contributed by atoms with Crippen LogP contribution < -0.4 is 4.43 Å². The largest absolute Gasteiger partial charge is 0.543 e. The number of phenolic OH excluding ortho intramolecular Hbond substituents is 1. The van der Waals surface area contributed by atoms with Gasteiger partial charge in [0.15, 0.2) is 0 Å². The molecule has 0 aliphatic carbocycles. The summed E-state index contributed by atoms with van der Waals surface area (Å²) in [4.78, 5) is 21.3. The monoisotopic (exact) mass is 612 g/mol. The zero-order valence-electron chi connectivity index (χ0n) is 23.2. The summed E-state index contributed by atoms with van der Waals surface area (Å²) in [5, 5.41) is 32.3. The molecule has 0 bridgehead atoms. The van der Waals surface area contributed by atoms with Crippen LogP contribution in [0.25, 0.3) is 22.3 Å². The van der Waals surface area contributed by atoms with E-state index in [0.717, 1.165) is 11.3 Å². The molecule has 11 heteroatoms. The van der Waals surface area contributed by atoms with Gasteiger partial charge in [-0.3, -0.25) is 20.2 Å². The SMILES string of the molecule is CC(C)(C)[Si](C)(C)Oc1cccc(-c2ccc(Cl)cc2[N+](=O)[O-])c1.O=[N+]([O-])c1cc(Cl)ccc1-c1cccc(O)c1. The molecule has 214 valence electrons. The Balaban J connectivity index is 0.000000239. The molecular weight excluding hydrogens is 583 g/mol. The first-order valence-electron chi connectivity index (χ1n) is 12.6. The topological polar surface area (TPSA) is 116 Å². The van der Waals surface area contributed by atoms with Gasteiger partial charge in [0.05, 0.1) is 21.0 Å². The van der Waals surface area contributed by atoms with Crippen molar-refractivity contribution in [1.82, 2.24) is 0 Å². The van der Waals surface area contributed by atoms with Crippen molar-refractivity contribution in [3.8, 4) is 33.8 Å². The number of aromatic hydroxyl groups is 1. The van der Waals surface area contributed by atoms with Gasteiger partial charge in [-0.1, -0.05) is 68.2 Å². The fourth-order valence-electron chi connectivity index (χ4n) is 3.65. The van der Waals surface area contributed by atoms with Crippen molar-refractivity contribution in [2.45, 2.75) is 38.9 Å². The highest BCUT2D eigenvalue weighted by molar-refractivity contribution is 6.74. The van der Waals surface area contributed by atoms with Crippen molar-refractivity contribution in [3.63, 3.8) is 0 Å². The van der Waals surface area contributed by atoms with Crippen molar-refractivity contribution in [1.29, 1.82) is 0 Å². The van der Waals surface area contributed by atoms with Crippen molar-refractivity contribution < 1.29 is 19.4 Å². The van der Waals surface area contributed by atoms with Crippen molar-refractivity contribution >= 4 is 42.9 Å². The van der Waals surface area contributed by atoms with E-state index in [-0.39, 0.29) is 22.2 Å². The number of nitrogens with zero attached hydrogens (tertiary/aromatic N) is 2. The van der Waals surface area contributed by atoms with Crippen LogP contribution in [0.2, 0.25) is 28.2 Å². The van der Waals surface area contributed by atoms with E-state index in [1.165, 1.54) is 24.3 Å². The molecule has 0 aliphatic heterocycles. The molecule has 0 atom stereocenters. The molecule has 4 rings (SSSR count). The molecule has 0 spiro atoms. The molecule has 0 aliphatic rings. The van der Waals surface area contributed by atoms with E-state index in [9.17, 15) is 25.3 Å². The van der Waals surface area contributed by atoms with E-state index < -0.39 is 18.2 Å². The molecule has 8 nitrogen and oxygen atoms in total. The summed E-state index contributed by atoms with van der Waals surface area (Å²) in [7, 11) is -1.97. The standard InChI is InChI=1S/C18H22ClNO3Si.C12H8ClNO3/c1-18(2,3)24(4,5)23-15-8-6-7-13(11-15)16-10-9-14(19)12-17(16)20(21)22;13-9-4-5-11(12(7-9)14(16)17)8-2-1-3-10(15)6-8/h6-12H,1-5H3;1-7,15H. The highest BCUT2D eigenvalue weighted by Gasteiger charge is 2.39. The van der Waals surface area contributed by atoms with Gasteiger partial charge in [0.25, 0.3) is 11.4 Å². The second-order valence-corrected chi connectivity index (χ2v) is 16.4.